The molecule has 1 atom stereocenters. The molecule has 0 saturated heterocycles. The van der Waals surface area contributed by atoms with Gasteiger partial charge in [0.2, 0.25) is 0 Å². The molecule has 0 bridgehead atoms. The summed E-state index contributed by atoms with van der Waals surface area (Å²) in [4.78, 5) is 11.9. The molecule has 1 heterocycles. The van der Waals surface area contributed by atoms with E-state index in [-0.39, 0.29) is 5.69 Å². The third kappa shape index (κ3) is 3.27. The summed E-state index contributed by atoms with van der Waals surface area (Å²) < 4.78 is 0.522. The summed E-state index contributed by atoms with van der Waals surface area (Å²) >= 11 is 8.49. The van der Waals surface area contributed by atoms with Crippen LogP contribution >= 0.6 is 34.7 Å². The number of benzene rings is 1. The first-order valence-corrected chi connectivity index (χ1v) is 7.38. The quantitative estimate of drug-likeness (QED) is 0.665. The van der Waals surface area contributed by atoms with E-state index < -0.39 is 11.0 Å². The number of aliphatic hydroxyl groups excluding tert-OH is 1. The average molecular weight is 316 g/mol. The lowest BCUT2D eigenvalue weighted by atomic mass is 10.3. The molecule has 0 saturated carbocycles. The fourth-order valence-electron chi connectivity index (χ4n) is 1.42. The van der Waals surface area contributed by atoms with Crippen molar-refractivity contribution in [3.63, 3.8) is 0 Å². The maximum absolute atomic E-state index is 11.0. The van der Waals surface area contributed by atoms with E-state index in [0.717, 1.165) is 4.90 Å². The van der Waals surface area contributed by atoms with Crippen LogP contribution in [0.4, 0.5) is 5.69 Å². The zero-order chi connectivity index (χ0) is 14.0. The number of rotatable bonds is 4. The molecule has 0 fully saturated rings. The Kier molecular flexibility index (Phi) is 4.46. The molecular formula is C12H10ClNO3S2. The minimum Gasteiger partial charge on any atom is -0.388 e. The Balaban J connectivity index is 2.39. The van der Waals surface area contributed by atoms with Gasteiger partial charge in [-0.15, -0.1) is 11.3 Å². The van der Waals surface area contributed by atoms with Gasteiger partial charge < -0.3 is 5.11 Å². The Hall–Kier alpha value is -1.08. The zero-order valence-corrected chi connectivity index (χ0v) is 12.3. The van der Waals surface area contributed by atoms with Gasteiger partial charge >= 0.3 is 0 Å². The van der Waals surface area contributed by atoms with Crippen LogP contribution in [0.3, 0.4) is 0 Å². The fraction of sp³-hybridized carbons (Fsp3) is 0.167. The topological polar surface area (TPSA) is 63.4 Å². The van der Waals surface area contributed by atoms with Crippen LogP contribution in [-0.4, -0.2) is 10.0 Å². The summed E-state index contributed by atoms with van der Waals surface area (Å²) in [6.07, 6.45) is -0.718. The number of nitrogens with zero attached hydrogens (tertiary/aromatic N) is 1. The number of hydrogen-bond acceptors (Lipinski definition) is 5. The predicted octanol–water partition coefficient (Wildman–Crippen LogP) is 4.51. The van der Waals surface area contributed by atoms with E-state index in [2.05, 4.69) is 0 Å². The SMILES string of the molecule is C[C@@H](O)c1cc([N+](=O)[O-])c(Sc2ccccc2Cl)s1. The lowest BCUT2D eigenvalue weighted by molar-refractivity contribution is -0.387. The first kappa shape index (κ1) is 14.3. The predicted molar refractivity (Wildman–Crippen MR) is 77.2 cm³/mol. The van der Waals surface area contributed by atoms with Crippen LogP contribution in [0.15, 0.2) is 39.4 Å². The van der Waals surface area contributed by atoms with Gasteiger partial charge in [0, 0.05) is 15.8 Å². The van der Waals surface area contributed by atoms with Crippen molar-refractivity contribution in [1.29, 1.82) is 0 Å². The highest BCUT2D eigenvalue weighted by Crippen LogP contribution is 2.44. The minimum absolute atomic E-state index is 0.00539. The average Bonchev–Trinajstić information content (AvgIpc) is 2.76. The van der Waals surface area contributed by atoms with Crippen molar-refractivity contribution >= 4 is 40.4 Å². The molecular weight excluding hydrogens is 306 g/mol. The Bertz CT molecular complexity index is 613. The number of halogens is 1. The van der Waals surface area contributed by atoms with Crippen molar-refractivity contribution in [2.45, 2.75) is 22.1 Å². The largest absolute Gasteiger partial charge is 0.388 e. The second kappa shape index (κ2) is 5.92. The smallest absolute Gasteiger partial charge is 0.294 e. The zero-order valence-electron chi connectivity index (χ0n) is 9.87. The summed E-state index contributed by atoms with van der Waals surface area (Å²) in [5.74, 6) is 0. The van der Waals surface area contributed by atoms with Crippen LogP contribution in [0, 0.1) is 10.1 Å². The molecule has 1 aromatic heterocycles. The monoisotopic (exact) mass is 315 g/mol. The number of thiophene rings is 1. The van der Waals surface area contributed by atoms with Crippen LogP contribution in [0.5, 0.6) is 0 Å². The van der Waals surface area contributed by atoms with E-state index in [0.29, 0.717) is 14.1 Å². The fourth-order valence-corrected chi connectivity index (χ4v) is 3.94. The molecule has 100 valence electrons. The van der Waals surface area contributed by atoms with E-state index in [4.69, 9.17) is 11.6 Å². The van der Waals surface area contributed by atoms with Crippen LogP contribution in [-0.2, 0) is 0 Å². The lowest BCUT2D eigenvalue weighted by Crippen LogP contribution is -1.87. The van der Waals surface area contributed by atoms with Gasteiger partial charge in [0.1, 0.15) is 4.21 Å². The first-order valence-electron chi connectivity index (χ1n) is 5.37. The molecule has 1 N–H and O–H groups in total. The van der Waals surface area contributed by atoms with Gasteiger partial charge in [0.25, 0.3) is 5.69 Å². The Labute approximate surface area is 123 Å². The standard InChI is InChI=1S/C12H10ClNO3S2/c1-7(15)11-6-9(14(16)17)12(19-11)18-10-5-3-2-4-8(10)13/h2-7,15H,1H3/t7-/m1/s1. The van der Waals surface area contributed by atoms with E-state index in [1.807, 2.05) is 6.07 Å². The number of nitro groups is 1. The Morgan fingerprint density at radius 2 is 2.16 bits per heavy atom. The van der Waals surface area contributed by atoms with Gasteiger partial charge in [-0.2, -0.15) is 0 Å². The molecule has 0 aliphatic carbocycles. The third-order valence-corrected chi connectivity index (χ3v) is 5.35. The molecule has 0 aliphatic heterocycles. The first-order chi connectivity index (χ1) is 8.99. The van der Waals surface area contributed by atoms with Crippen LogP contribution < -0.4 is 0 Å². The van der Waals surface area contributed by atoms with Gasteiger partial charge in [0.15, 0.2) is 0 Å². The van der Waals surface area contributed by atoms with Crippen LogP contribution in [0.25, 0.3) is 0 Å². The maximum Gasteiger partial charge on any atom is 0.294 e. The summed E-state index contributed by atoms with van der Waals surface area (Å²) in [5, 5.41) is 21.1. The van der Waals surface area contributed by atoms with E-state index in [1.165, 1.54) is 29.2 Å². The highest BCUT2D eigenvalue weighted by Gasteiger charge is 2.22. The van der Waals surface area contributed by atoms with Gasteiger partial charge in [-0.1, -0.05) is 35.5 Å². The summed E-state index contributed by atoms with van der Waals surface area (Å²) in [6, 6.07) is 8.57. The van der Waals surface area contributed by atoms with Crippen molar-refractivity contribution < 1.29 is 10.0 Å². The van der Waals surface area contributed by atoms with E-state index >= 15 is 0 Å². The highest BCUT2D eigenvalue weighted by molar-refractivity contribution is 8.01. The highest BCUT2D eigenvalue weighted by atomic mass is 35.5. The molecule has 0 amide bonds. The van der Waals surface area contributed by atoms with Gasteiger partial charge in [0.05, 0.1) is 16.0 Å². The van der Waals surface area contributed by atoms with Crippen molar-refractivity contribution in [3.05, 3.63) is 50.3 Å². The number of hydrogen-bond donors (Lipinski definition) is 1. The Morgan fingerprint density at radius 1 is 1.47 bits per heavy atom. The van der Waals surface area contributed by atoms with E-state index in [1.54, 1.807) is 25.1 Å². The molecule has 2 rings (SSSR count). The summed E-state index contributed by atoms with van der Waals surface area (Å²) in [6.45, 7) is 1.58. The lowest BCUT2D eigenvalue weighted by Gasteiger charge is -2.01. The Morgan fingerprint density at radius 3 is 2.74 bits per heavy atom. The molecule has 0 spiro atoms. The normalized spacial score (nSPS) is 12.4. The molecule has 4 nitrogen and oxygen atoms in total. The molecule has 2 aromatic rings. The summed E-state index contributed by atoms with van der Waals surface area (Å²) in [5.41, 5.74) is 0.00539. The van der Waals surface area contributed by atoms with Crippen LogP contribution in [0.2, 0.25) is 5.02 Å². The molecule has 1 aromatic carbocycles. The van der Waals surface area contributed by atoms with Crippen molar-refractivity contribution in [2.24, 2.45) is 0 Å². The van der Waals surface area contributed by atoms with Gasteiger partial charge in [-0.25, -0.2) is 0 Å². The molecule has 0 radical (unpaired) electrons. The van der Waals surface area contributed by atoms with Crippen molar-refractivity contribution in [2.75, 3.05) is 0 Å². The van der Waals surface area contributed by atoms with Gasteiger partial charge in [-0.3, -0.25) is 10.1 Å². The second-order valence-electron chi connectivity index (χ2n) is 3.79. The van der Waals surface area contributed by atoms with Crippen molar-refractivity contribution in [1.82, 2.24) is 0 Å². The second-order valence-corrected chi connectivity index (χ2v) is 6.59. The molecule has 0 aliphatic rings. The third-order valence-electron chi connectivity index (χ3n) is 2.35. The molecule has 7 heteroatoms. The van der Waals surface area contributed by atoms with Gasteiger partial charge in [-0.05, 0) is 19.1 Å². The minimum atomic E-state index is -0.718. The molecule has 19 heavy (non-hydrogen) atoms. The number of aliphatic hydroxyl groups is 1. The van der Waals surface area contributed by atoms with Crippen molar-refractivity contribution in [3.8, 4) is 0 Å². The maximum atomic E-state index is 11.0. The molecule has 0 unspecified atom stereocenters. The van der Waals surface area contributed by atoms with Crippen LogP contribution in [0.1, 0.15) is 17.9 Å². The summed E-state index contributed by atoms with van der Waals surface area (Å²) in [7, 11) is 0. The van der Waals surface area contributed by atoms with E-state index in [9.17, 15) is 15.2 Å².